The van der Waals surface area contributed by atoms with E-state index in [1.54, 1.807) is 13.0 Å². The number of carbonyl (C=O) groups is 2. The van der Waals surface area contributed by atoms with Gasteiger partial charge in [0.15, 0.2) is 5.92 Å². The predicted octanol–water partition coefficient (Wildman–Crippen LogP) is 1.05. The molecule has 0 aromatic carbocycles. The minimum atomic E-state index is -1.14. The number of nitriles is 1. The lowest BCUT2D eigenvalue weighted by Crippen LogP contribution is -2.29. The molecule has 0 amide bonds. The highest BCUT2D eigenvalue weighted by Gasteiger charge is 2.32. The van der Waals surface area contributed by atoms with Crippen LogP contribution in [0.15, 0.2) is 12.7 Å². The molecule has 0 N–H and O–H groups in total. The molecule has 2 atom stereocenters. The molecule has 0 aliphatic heterocycles. The maximum absolute atomic E-state index is 11.4. The molecule has 0 saturated heterocycles. The molecule has 0 rings (SSSR count). The molecule has 5 heteroatoms. The number of ether oxygens (including phenoxy) is 2. The Bertz CT molecular complexity index is 306. The fourth-order valence-electron chi connectivity index (χ4n) is 1.01. The van der Waals surface area contributed by atoms with E-state index in [4.69, 9.17) is 14.7 Å². The van der Waals surface area contributed by atoms with E-state index in [1.165, 1.54) is 13.0 Å². The zero-order valence-corrected chi connectivity index (χ0v) is 9.43. The Morgan fingerprint density at radius 2 is 2.06 bits per heavy atom. The van der Waals surface area contributed by atoms with Crippen LogP contribution in [0.2, 0.25) is 0 Å². The van der Waals surface area contributed by atoms with Crippen molar-refractivity contribution in [2.24, 2.45) is 11.8 Å². The van der Waals surface area contributed by atoms with Crippen molar-refractivity contribution in [1.29, 1.82) is 5.26 Å². The summed E-state index contributed by atoms with van der Waals surface area (Å²) in [6.45, 7) is 6.72. The number of rotatable bonds is 6. The van der Waals surface area contributed by atoms with Crippen LogP contribution in [0, 0.1) is 23.2 Å². The van der Waals surface area contributed by atoms with E-state index in [9.17, 15) is 9.59 Å². The minimum Gasteiger partial charge on any atom is -0.466 e. The van der Waals surface area contributed by atoms with Gasteiger partial charge in [0, 0.05) is 0 Å². The molecular formula is C11H15NO4. The molecule has 0 bridgehead atoms. The number of esters is 2. The summed E-state index contributed by atoms with van der Waals surface area (Å²) in [5.41, 5.74) is 0. The van der Waals surface area contributed by atoms with Crippen LogP contribution in [-0.2, 0) is 19.1 Å². The van der Waals surface area contributed by atoms with E-state index in [0.29, 0.717) is 0 Å². The Hall–Kier alpha value is -1.83. The first-order valence-electron chi connectivity index (χ1n) is 4.92. The third-order valence-corrected chi connectivity index (χ3v) is 1.89. The minimum absolute atomic E-state index is 0.0204. The summed E-state index contributed by atoms with van der Waals surface area (Å²) in [5, 5.41) is 8.80. The second-order valence-electron chi connectivity index (χ2n) is 3.07. The Morgan fingerprint density at radius 3 is 2.50 bits per heavy atom. The summed E-state index contributed by atoms with van der Waals surface area (Å²) in [7, 11) is 0. The average Bonchev–Trinajstić information content (AvgIpc) is 2.27. The first kappa shape index (κ1) is 14.2. The highest BCUT2D eigenvalue weighted by molar-refractivity contribution is 5.83. The lowest BCUT2D eigenvalue weighted by Gasteiger charge is -2.14. The Balaban J connectivity index is 4.48. The summed E-state index contributed by atoms with van der Waals surface area (Å²) in [4.78, 5) is 22.7. The van der Waals surface area contributed by atoms with Crippen molar-refractivity contribution in [3.05, 3.63) is 12.7 Å². The average molecular weight is 225 g/mol. The first-order chi connectivity index (χ1) is 7.58. The summed E-state index contributed by atoms with van der Waals surface area (Å²) < 4.78 is 9.43. The van der Waals surface area contributed by atoms with E-state index in [1.807, 2.05) is 0 Å². The number of hydrogen-bond acceptors (Lipinski definition) is 5. The quantitative estimate of drug-likeness (QED) is 0.499. The van der Waals surface area contributed by atoms with Gasteiger partial charge in [0.2, 0.25) is 0 Å². The van der Waals surface area contributed by atoms with Gasteiger partial charge in [0.25, 0.3) is 0 Å². The molecule has 0 aromatic heterocycles. The van der Waals surface area contributed by atoms with Gasteiger partial charge < -0.3 is 9.47 Å². The molecular weight excluding hydrogens is 210 g/mol. The lowest BCUT2D eigenvalue weighted by molar-refractivity contribution is -0.156. The maximum Gasteiger partial charge on any atom is 0.324 e. The van der Waals surface area contributed by atoms with E-state index in [-0.39, 0.29) is 13.2 Å². The van der Waals surface area contributed by atoms with E-state index >= 15 is 0 Å². The molecule has 0 radical (unpaired) electrons. The van der Waals surface area contributed by atoms with Crippen LogP contribution in [0.4, 0.5) is 0 Å². The molecule has 0 aliphatic rings. The third kappa shape index (κ3) is 4.13. The third-order valence-electron chi connectivity index (χ3n) is 1.89. The molecule has 0 fully saturated rings. The predicted molar refractivity (Wildman–Crippen MR) is 56.1 cm³/mol. The summed E-state index contributed by atoms with van der Waals surface area (Å²) in [6, 6.07) is 1.74. The Morgan fingerprint density at radius 1 is 1.44 bits per heavy atom. The van der Waals surface area contributed by atoms with Gasteiger partial charge in [-0.2, -0.15) is 5.26 Å². The molecule has 0 aliphatic carbocycles. The second-order valence-corrected chi connectivity index (χ2v) is 3.07. The number of carbonyl (C=O) groups excluding carboxylic acids is 2. The van der Waals surface area contributed by atoms with Crippen LogP contribution in [0.3, 0.4) is 0 Å². The molecule has 0 saturated carbocycles. The van der Waals surface area contributed by atoms with Crippen molar-refractivity contribution in [2.45, 2.75) is 13.8 Å². The number of hydrogen-bond donors (Lipinski definition) is 0. The van der Waals surface area contributed by atoms with Gasteiger partial charge in [-0.25, -0.2) is 0 Å². The maximum atomic E-state index is 11.4. The fraction of sp³-hybridized carbons (Fsp3) is 0.545. The van der Waals surface area contributed by atoms with Crippen LogP contribution in [0.5, 0.6) is 0 Å². The smallest absolute Gasteiger partial charge is 0.324 e. The highest BCUT2D eigenvalue weighted by atomic mass is 16.5. The van der Waals surface area contributed by atoms with E-state index in [2.05, 4.69) is 6.58 Å². The topological polar surface area (TPSA) is 76.4 Å². The van der Waals surface area contributed by atoms with Gasteiger partial charge in [-0.3, -0.25) is 9.59 Å². The van der Waals surface area contributed by atoms with Crippen LogP contribution in [0.1, 0.15) is 13.8 Å². The fourth-order valence-corrected chi connectivity index (χ4v) is 1.01. The molecule has 1 unspecified atom stereocenters. The first-order valence-corrected chi connectivity index (χ1v) is 4.92. The van der Waals surface area contributed by atoms with Gasteiger partial charge in [0.05, 0.1) is 18.6 Å². The monoisotopic (exact) mass is 225 g/mol. The summed E-state index contributed by atoms with van der Waals surface area (Å²) in [5.74, 6) is -3.28. The van der Waals surface area contributed by atoms with Crippen molar-refractivity contribution in [3.8, 4) is 6.07 Å². The van der Waals surface area contributed by atoms with Gasteiger partial charge in [-0.15, -0.1) is 0 Å². The van der Waals surface area contributed by atoms with Gasteiger partial charge in [-0.05, 0) is 6.92 Å². The van der Waals surface area contributed by atoms with Gasteiger partial charge >= 0.3 is 11.9 Å². The summed E-state index contributed by atoms with van der Waals surface area (Å²) >= 11 is 0. The van der Waals surface area contributed by atoms with Crippen molar-refractivity contribution >= 4 is 11.9 Å². The standard InChI is InChI=1S/C11H15NO4/c1-4-6-16-11(14)9(7-12)8(3)10(13)15-5-2/h4,8-9H,1,5-6H2,2-3H3/t8-,9?/m0/s1. The molecule has 0 spiro atoms. The van der Waals surface area contributed by atoms with Crippen molar-refractivity contribution < 1.29 is 19.1 Å². The Kier molecular flexibility index (Phi) is 6.61. The lowest BCUT2D eigenvalue weighted by atomic mass is 9.96. The van der Waals surface area contributed by atoms with E-state index < -0.39 is 23.8 Å². The molecule has 0 heterocycles. The zero-order chi connectivity index (χ0) is 12.6. The molecule has 88 valence electrons. The van der Waals surface area contributed by atoms with Crippen LogP contribution in [0.25, 0.3) is 0 Å². The van der Waals surface area contributed by atoms with Crippen molar-refractivity contribution in [3.63, 3.8) is 0 Å². The van der Waals surface area contributed by atoms with Crippen LogP contribution < -0.4 is 0 Å². The second kappa shape index (κ2) is 7.46. The SMILES string of the molecule is C=CCOC(=O)C(C#N)[C@H](C)C(=O)OCC. The molecule has 0 aromatic rings. The van der Waals surface area contributed by atoms with E-state index in [0.717, 1.165) is 0 Å². The zero-order valence-electron chi connectivity index (χ0n) is 9.43. The molecule has 16 heavy (non-hydrogen) atoms. The summed E-state index contributed by atoms with van der Waals surface area (Å²) in [6.07, 6.45) is 1.39. The highest BCUT2D eigenvalue weighted by Crippen LogP contribution is 2.14. The largest absolute Gasteiger partial charge is 0.466 e. The molecule has 5 nitrogen and oxygen atoms in total. The van der Waals surface area contributed by atoms with Crippen molar-refractivity contribution in [2.75, 3.05) is 13.2 Å². The Labute approximate surface area is 94.6 Å². The van der Waals surface area contributed by atoms with Crippen LogP contribution >= 0.6 is 0 Å². The van der Waals surface area contributed by atoms with Crippen molar-refractivity contribution in [1.82, 2.24) is 0 Å². The normalized spacial score (nSPS) is 13.1. The van der Waals surface area contributed by atoms with Gasteiger partial charge in [-0.1, -0.05) is 19.6 Å². The van der Waals surface area contributed by atoms with Gasteiger partial charge in [0.1, 0.15) is 6.61 Å². The number of nitrogens with zero attached hydrogens (tertiary/aromatic N) is 1. The van der Waals surface area contributed by atoms with Crippen LogP contribution in [-0.4, -0.2) is 25.2 Å².